The number of ether oxygens (including phenoxy) is 1. The number of morpholine rings is 1. The van der Waals surface area contributed by atoms with Crippen LogP contribution in [0.1, 0.15) is 26.7 Å². The zero-order valence-corrected chi connectivity index (χ0v) is 15.2. The van der Waals surface area contributed by atoms with Gasteiger partial charge in [-0.15, -0.1) is 11.3 Å². The number of thiophene rings is 1. The van der Waals surface area contributed by atoms with E-state index in [1.54, 1.807) is 11.3 Å². The second-order valence-electron chi connectivity index (χ2n) is 5.90. The van der Waals surface area contributed by atoms with Gasteiger partial charge >= 0.3 is 0 Å². The van der Waals surface area contributed by atoms with Gasteiger partial charge in [-0.25, -0.2) is 0 Å². The van der Waals surface area contributed by atoms with Crippen LogP contribution in [0.15, 0.2) is 24.3 Å². The first kappa shape index (κ1) is 16.2. The average Bonchev–Trinajstić information content (AvgIpc) is 3.05. The van der Waals surface area contributed by atoms with Crippen LogP contribution >= 0.6 is 34.5 Å². The summed E-state index contributed by atoms with van der Waals surface area (Å²) < 4.78 is 5.42. The Morgan fingerprint density at radius 1 is 1.17 bits per heavy atom. The predicted octanol–water partition coefficient (Wildman–Crippen LogP) is 3.77. The second-order valence-corrected chi connectivity index (χ2v) is 7.75. The van der Waals surface area contributed by atoms with Crippen LogP contribution in [0.3, 0.4) is 0 Å². The third kappa shape index (κ3) is 2.90. The number of halogens is 2. The Morgan fingerprint density at radius 2 is 1.96 bits per heavy atom. The quantitative estimate of drug-likeness (QED) is 0.859. The van der Waals surface area contributed by atoms with Crippen molar-refractivity contribution in [3.05, 3.63) is 50.3 Å². The minimum absolute atomic E-state index is 0.00539. The average molecular weight is 383 g/mol. The first-order valence-corrected chi connectivity index (χ1v) is 9.40. The SMILES string of the molecule is O=C1NC[C@H](c2ccc(Cl)c(Cl)c2)c2cc(N3CCOCC3)sc21. The number of benzene rings is 1. The van der Waals surface area contributed by atoms with Crippen LogP contribution in [0, 0.1) is 0 Å². The number of hydrogen-bond donors (Lipinski definition) is 1. The van der Waals surface area contributed by atoms with Crippen LogP contribution in [-0.4, -0.2) is 38.8 Å². The lowest BCUT2D eigenvalue weighted by molar-refractivity contribution is 0.0947. The van der Waals surface area contributed by atoms with Crippen molar-refractivity contribution in [1.82, 2.24) is 5.32 Å². The Balaban J connectivity index is 1.72. The standard InChI is InChI=1S/C17H16Cl2N2O2S/c18-13-2-1-10(7-14(13)19)12-9-20-17(22)16-11(12)8-15(24-16)21-3-5-23-6-4-21/h1-2,7-8,12H,3-6,9H2,(H,20,22)/t12-/m1/s1. The van der Waals surface area contributed by atoms with Crippen LogP contribution in [-0.2, 0) is 4.74 Å². The van der Waals surface area contributed by atoms with Crippen molar-refractivity contribution in [3.63, 3.8) is 0 Å². The molecule has 0 saturated carbocycles. The summed E-state index contributed by atoms with van der Waals surface area (Å²) in [7, 11) is 0. The highest BCUT2D eigenvalue weighted by atomic mass is 35.5. The van der Waals surface area contributed by atoms with Crippen molar-refractivity contribution in [1.29, 1.82) is 0 Å². The fourth-order valence-electron chi connectivity index (χ4n) is 3.18. The van der Waals surface area contributed by atoms with Crippen molar-refractivity contribution < 1.29 is 9.53 Å². The molecule has 2 aliphatic heterocycles. The molecule has 0 spiro atoms. The van der Waals surface area contributed by atoms with Crippen LogP contribution in [0.5, 0.6) is 0 Å². The molecular formula is C17H16Cl2N2O2S. The van der Waals surface area contributed by atoms with Gasteiger partial charge in [-0.1, -0.05) is 29.3 Å². The molecule has 1 aromatic carbocycles. The topological polar surface area (TPSA) is 41.6 Å². The number of rotatable bonds is 2. The van der Waals surface area contributed by atoms with Crippen LogP contribution in [0.4, 0.5) is 5.00 Å². The van der Waals surface area contributed by atoms with Gasteiger partial charge in [-0.2, -0.15) is 0 Å². The number of fused-ring (bicyclic) bond motifs is 1. The molecule has 1 N–H and O–H groups in total. The largest absolute Gasteiger partial charge is 0.378 e. The molecule has 2 aliphatic rings. The molecule has 24 heavy (non-hydrogen) atoms. The van der Waals surface area contributed by atoms with E-state index in [1.807, 2.05) is 18.2 Å². The summed E-state index contributed by atoms with van der Waals surface area (Å²) in [6.45, 7) is 3.75. The summed E-state index contributed by atoms with van der Waals surface area (Å²) >= 11 is 13.8. The number of anilines is 1. The van der Waals surface area contributed by atoms with Crippen molar-refractivity contribution in [2.45, 2.75) is 5.92 Å². The molecule has 126 valence electrons. The highest BCUT2D eigenvalue weighted by Gasteiger charge is 2.30. The number of nitrogens with one attached hydrogen (secondary N) is 1. The summed E-state index contributed by atoms with van der Waals surface area (Å²) in [6, 6.07) is 7.83. The minimum atomic E-state index is 0.00539. The molecule has 2 aromatic rings. The van der Waals surface area contributed by atoms with Crippen molar-refractivity contribution in [2.24, 2.45) is 0 Å². The summed E-state index contributed by atoms with van der Waals surface area (Å²) in [5, 5.41) is 5.20. The van der Waals surface area contributed by atoms with E-state index in [0.29, 0.717) is 16.6 Å². The maximum atomic E-state index is 12.3. The highest BCUT2D eigenvalue weighted by Crippen LogP contribution is 2.40. The predicted molar refractivity (Wildman–Crippen MR) is 98.0 cm³/mol. The Bertz CT molecular complexity index is 787. The molecule has 1 aromatic heterocycles. The van der Waals surface area contributed by atoms with Gasteiger partial charge in [-0.05, 0) is 29.3 Å². The number of amides is 1. The maximum Gasteiger partial charge on any atom is 0.261 e. The number of hydrogen-bond acceptors (Lipinski definition) is 4. The summed E-state index contributed by atoms with van der Waals surface area (Å²) in [5.41, 5.74) is 2.14. The van der Waals surface area contributed by atoms with Gasteiger partial charge in [0.1, 0.15) is 0 Å². The van der Waals surface area contributed by atoms with Crippen LogP contribution < -0.4 is 10.2 Å². The van der Waals surface area contributed by atoms with Crippen LogP contribution in [0.25, 0.3) is 0 Å². The fraction of sp³-hybridized carbons (Fsp3) is 0.353. The lowest BCUT2D eigenvalue weighted by Gasteiger charge is -2.27. The Labute approximate surface area is 154 Å². The highest BCUT2D eigenvalue weighted by molar-refractivity contribution is 7.18. The van der Waals surface area contributed by atoms with E-state index in [1.165, 1.54) is 0 Å². The molecule has 1 atom stereocenters. The summed E-state index contributed by atoms with van der Waals surface area (Å²) in [4.78, 5) is 15.4. The van der Waals surface area contributed by atoms with E-state index in [-0.39, 0.29) is 11.8 Å². The lowest BCUT2D eigenvalue weighted by atomic mass is 9.89. The van der Waals surface area contributed by atoms with Crippen molar-refractivity contribution >= 4 is 45.4 Å². The Hall–Kier alpha value is -1.27. The van der Waals surface area contributed by atoms with E-state index in [2.05, 4.69) is 16.3 Å². The number of nitrogens with zero attached hydrogens (tertiary/aromatic N) is 1. The van der Waals surface area contributed by atoms with Gasteiger partial charge in [0.25, 0.3) is 5.91 Å². The molecule has 7 heteroatoms. The van der Waals surface area contributed by atoms with Crippen LogP contribution in [0.2, 0.25) is 10.0 Å². The smallest absolute Gasteiger partial charge is 0.261 e. The molecule has 0 unspecified atom stereocenters. The third-order valence-electron chi connectivity index (χ3n) is 4.46. The van der Waals surface area contributed by atoms with E-state index in [9.17, 15) is 4.79 Å². The number of carbonyl (C=O) groups excluding carboxylic acids is 1. The monoisotopic (exact) mass is 382 g/mol. The first-order valence-electron chi connectivity index (χ1n) is 7.83. The molecule has 4 nitrogen and oxygen atoms in total. The molecule has 1 fully saturated rings. The Kier molecular flexibility index (Phi) is 4.43. The van der Waals surface area contributed by atoms with E-state index >= 15 is 0 Å². The van der Waals surface area contributed by atoms with Crippen molar-refractivity contribution in [2.75, 3.05) is 37.7 Å². The first-order chi connectivity index (χ1) is 11.6. The van der Waals surface area contributed by atoms with Gasteiger partial charge in [0.15, 0.2) is 0 Å². The zero-order valence-electron chi connectivity index (χ0n) is 12.9. The lowest BCUT2D eigenvalue weighted by Crippen LogP contribution is -2.35. The molecule has 1 amide bonds. The van der Waals surface area contributed by atoms with Gasteiger partial charge in [-0.3, -0.25) is 4.79 Å². The molecular weight excluding hydrogens is 367 g/mol. The van der Waals surface area contributed by atoms with Gasteiger partial charge in [0, 0.05) is 25.6 Å². The molecule has 0 radical (unpaired) electrons. The second kappa shape index (κ2) is 6.56. The minimum Gasteiger partial charge on any atom is -0.378 e. The van der Waals surface area contributed by atoms with Gasteiger partial charge in [0.05, 0.1) is 33.1 Å². The van der Waals surface area contributed by atoms with E-state index in [4.69, 9.17) is 27.9 Å². The summed E-state index contributed by atoms with van der Waals surface area (Å²) in [6.07, 6.45) is 0. The van der Waals surface area contributed by atoms with E-state index < -0.39 is 0 Å². The van der Waals surface area contributed by atoms with Gasteiger partial charge in [0.2, 0.25) is 0 Å². The van der Waals surface area contributed by atoms with E-state index in [0.717, 1.165) is 47.3 Å². The molecule has 4 rings (SSSR count). The third-order valence-corrected chi connectivity index (χ3v) is 6.41. The Morgan fingerprint density at radius 3 is 2.71 bits per heavy atom. The number of carbonyl (C=O) groups is 1. The molecule has 3 heterocycles. The normalized spacial score (nSPS) is 20.7. The molecule has 0 aliphatic carbocycles. The molecule has 0 bridgehead atoms. The fourth-order valence-corrected chi connectivity index (χ4v) is 4.68. The van der Waals surface area contributed by atoms with Gasteiger partial charge < -0.3 is 15.0 Å². The summed E-state index contributed by atoms with van der Waals surface area (Å²) in [5.74, 6) is 0.101. The maximum absolute atomic E-state index is 12.3. The zero-order chi connectivity index (χ0) is 16.7. The van der Waals surface area contributed by atoms with Crippen molar-refractivity contribution in [3.8, 4) is 0 Å². The molecule has 1 saturated heterocycles.